The summed E-state index contributed by atoms with van der Waals surface area (Å²) in [5, 5.41) is 0.278. The highest BCUT2D eigenvalue weighted by molar-refractivity contribution is 6.33. The summed E-state index contributed by atoms with van der Waals surface area (Å²) in [6.45, 7) is -0.337. The van der Waals surface area contributed by atoms with Crippen LogP contribution in [-0.2, 0) is 0 Å². The molecular weight excluding hydrogens is 427 g/mol. The van der Waals surface area contributed by atoms with Crippen LogP contribution in [-0.4, -0.2) is 40.1 Å². The Morgan fingerprint density at radius 2 is 1.87 bits per heavy atom. The minimum absolute atomic E-state index is 0.122. The van der Waals surface area contributed by atoms with Crippen LogP contribution in [0, 0.1) is 0 Å². The maximum Gasteiger partial charge on any atom is 0.412 e. The van der Waals surface area contributed by atoms with E-state index < -0.39 is 24.2 Å². The molecule has 1 saturated heterocycles. The van der Waals surface area contributed by atoms with Gasteiger partial charge in [-0.15, -0.1) is 0 Å². The molecule has 30 heavy (non-hydrogen) atoms. The van der Waals surface area contributed by atoms with Gasteiger partial charge >= 0.3 is 6.18 Å². The molecule has 1 aliphatic carbocycles. The predicted molar refractivity (Wildman–Crippen MR) is 103 cm³/mol. The minimum atomic E-state index is -4.38. The van der Waals surface area contributed by atoms with Crippen LogP contribution in [0.1, 0.15) is 25.0 Å². The standard InChI is InChI=1S/C20H16ClF5N4/c21-15-9-27-7-5-14(15)18-17(12-1-3-13(4-2-12)20(24,25)26)28-10-16(29-18)30-8-6-19(22,23)11-30/h1,3,5,7,9-10H,2,4,6,8,11H2. The van der Waals surface area contributed by atoms with E-state index >= 15 is 0 Å². The van der Waals surface area contributed by atoms with E-state index in [0.29, 0.717) is 22.5 Å². The molecule has 1 aliphatic heterocycles. The van der Waals surface area contributed by atoms with Crippen molar-refractivity contribution in [2.24, 2.45) is 0 Å². The Hall–Kier alpha value is -2.55. The van der Waals surface area contributed by atoms with E-state index in [1.165, 1.54) is 29.6 Å². The third-order valence-electron chi connectivity index (χ3n) is 5.10. The molecule has 2 aliphatic rings. The lowest BCUT2D eigenvalue weighted by Crippen LogP contribution is -2.26. The van der Waals surface area contributed by atoms with E-state index in [0.717, 1.165) is 6.08 Å². The molecule has 0 radical (unpaired) electrons. The van der Waals surface area contributed by atoms with Gasteiger partial charge in [-0.2, -0.15) is 13.2 Å². The van der Waals surface area contributed by atoms with Gasteiger partial charge in [0.2, 0.25) is 0 Å². The largest absolute Gasteiger partial charge is 0.412 e. The normalized spacial score (nSPS) is 18.9. The third-order valence-corrected chi connectivity index (χ3v) is 5.40. The molecule has 4 nitrogen and oxygen atoms in total. The summed E-state index contributed by atoms with van der Waals surface area (Å²) in [5.41, 5.74) is 1.13. The lowest BCUT2D eigenvalue weighted by Gasteiger charge is -2.21. The monoisotopic (exact) mass is 442 g/mol. The van der Waals surface area contributed by atoms with Crippen LogP contribution in [0.4, 0.5) is 27.8 Å². The molecule has 2 aromatic heterocycles. The summed E-state index contributed by atoms with van der Waals surface area (Å²) < 4.78 is 66.1. The van der Waals surface area contributed by atoms with Gasteiger partial charge in [0.15, 0.2) is 0 Å². The molecule has 4 rings (SSSR count). The third kappa shape index (κ3) is 4.16. The molecule has 158 valence electrons. The van der Waals surface area contributed by atoms with Crippen molar-refractivity contribution in [2.45, 2.75) is 31.4 Å². The van der Waals surface area contributed by atoms with Gasteiger partial charge in [0, 0.05) is 36.5 Å². The van der Waals surface area contributed by atoms with Crippen LogP contribution >= 0.6 is 11.6 Å². The number of allylic oxidation sites excluding steroid dienone is 4. The number of halogens is 6. The fourth-order valence-electron chi connectivity index (χ4n) is 3.52. The van der Waals surface area contributed by atoms with Gasteiger partial charge in [-0.25, -0.2) is 13.8 Å². The summed E-state index contributed by atoms with van der Waals surface area (Å²) in [6, 6.07) is 1.61. The molecule has 0 saturated carbocycles. The fraction of sp³-hybridized carbons (Fsp3) is 0.350. The van der Waals surface area contributed by atoms with Crippen molar-refractivity contribution in [3.63, 3.8) is 0 Å². The highest BCUT2D eigenvalue weighted by Crippen LogP contribution is 2.39. The van der Waals surface area contributed by atoms with Crippen LogP contribution in [0.3, 0.4) is 0 Å². The van der Waals surface area contributed by atoms with E-state index in [1.807, 2.05) is 0 Å². The van der Waals surface area contributed by atoms with Gasteiger partial charge in [-0.3, -0.25) is 9.97 Å². The second kappa shape index (κ2) is 7.61. The maximum absolute atomic E-state index is 13.6. The second-order valence-corrected chi connectivity index (χ2v) is 7.60. The van der Waals surface area contributed by atoms with Crippen molar-refractivity contribution in [1.82, 2.24) is 15.0 Å². The lowest BCUT2D eigenvalue weighted by atomic mass is 9.93. The Balaban J connectivity index is 1.79. The van der Waals surface area contributed by atoms with E-state index in [4.69, 9.17) is 11.6 Å². The molecule has 0 atom stereocenters. The summed E-state index contributed by atoms with van der Waals surface area (Å²) in [5.74, 6) is -2.54. The molecular formula is C20H16ClF5N4. The first-order valence-corrected chi connectivity index (χ1v) is 9.59. The van der Waals surface area contributed by atoms with Gasteiger partial charge < -0.3 is 4.90 Å². The number of hydrogen-bond donors (Lipinski definition) is 0. The summed E-state index contributed by atoms with van der Waals surface area (Å²) >= 11 is 6.27. The average Bonchev–Trinajstić information content (AvgIpc) is 3.07. The van der Waals surface area contributed by atoms with Crippen LogP contribution < -0.4 is 4.90 Å². The molecule has 0 bridgehead atoms. The quantitative estimate of drug-likeness (QED) is 0.571. The van der Waals surface area contributed by atoms with Gasteiger partial charge in [0.05, 0.1) is 23.5 Å². The number of alkyl halides is 5. The van der Waals surface area contributed by atoms with E-state index in [2.05, 4.69) is 15.0 Å². The number of aromatic nitrogens is 3. The van der Waals surface area contributed by atoms with Gasteiger partial charge in [0.25, 0.3) is 5.92 Å². The van der Waals surface area contributed by atoms with Crippen LogP contribution in [0.2, 0.25) is 5.02 Å². The molecule has 0 aromatic carbocycles. The average molecular weight is 443 g/mol. The molecule has 2 aromatic rings. The molecule has 0 N–H and O–H groups in total. The molecule has 0 amide bonds. The zero-order chi connectivity index (χ0) is 21.5. The predicted octanol–water partition coefficient (Wildman–Crippen LogP) is 5.70. The summed E-state index contributed by atoms with van der Waals surface area (Å²) in [6.07, 6.45) is 1.98. The van der Waals surface area contributed by atoms with Crippen LogP contribution in [0.15, 0.2) is 42.4 Å². The Morgan fingerprint density at radius 3 is 2.47 bits per heavy atom. The summed E-state index contributed by atoms with van der Waals surface area (Å²) in [4.78, 5) is 14.3. The Kier molecular flexibility index (Phi) is 5.25. The SMILES string of the molecule is FC1(F)CCN(c2cnc(C3=CC=C(C(F)(F)F)CC3)c(-c3ccncc3Cl)n2)C1. The van der Waals surface area contributed by atoms with Crippen molar-refractivity contribution >= 4 is 23.0 Å². The van der Waals surface area contributed by atoms with Crippen molar-refractivity contribution in [2.75, 3.05) is 18.0 Å². The number of pyridine rings is 1. The zero-order valence-corrected chi connectivity index (χ0v) is 16.3. The highest BCUT2D eigenvalue weighted by atomic mass is 35.5. The number of anilines is 1. The first-order valence-electron chi connectivity index (χ1n) is 9.21. The molecule has 3 heterocycles. The molecule has 1 fully saturated rings. The second-order valence-electron chi connectivity index (χ2n) is 7.19. The van der Waals surface area contributed by atoms with E-state index in [9.17, 15) is 22.0 Å². The number of rotatable bonds is 3. The molecule has 0 spiro atoms. The fourth-order valence-corrected chi connectivity index (χ4v) is 3.73. The van der Waals surface area contributed by atoms with E-state index in [-0.39, 0.29) is 36.6 Å². The van der Waals surface area contributed by atoms with Gasteiger partial charge in [0.1, 0.15) is 11.5 Å². The van der Waals surface area contributed by atoms with Gasteiger partial charge in [-0.1, -0.05) is 23.8 Å². The minimum Gasteiger partial charge on any atom is -0.349 e. The summed E-state index contributed by atoms with van der Waals surface area (Å²) in [7, 11) is 0. The lowest BCUT2D eigenvalue weighted by molar-refractivity contribution is -0.0939. The molecule has 10 heteroatoms. The topological polar surface area (TPSA) is 41.9 Å². The first kappa shape index (κ1) is 20.7. The number of nitrogens with zero attached hydrogens (tertiary/aromatic N) is 4. The smallest absolute Gasteiger partial charge is 0.349 e. The van der Waals surface area contributed by atoms with Crippen molar-refractivity contribution in [3.8, 4) is 11.3 Å². The highest BCUT2D eigenvalue weighted by Gasteiger charge is 2.39. The zero-order valence-electron chi connectivity index (χ0n) is 15.6. The first-order chi connectivity index (χ1) is 14.1. The van der Waals surface area contributed by atoms with Crippen LogP contribution in [0.5, 0.6) is 0 Å². The Labute approximate surface area is 174 Å². The van der Waals surface area contributed by atoms with Crippen molar-refractivity contribution in [1.29, 1.82) is 0 Å². The Bertz CT molecular complexity index is 1030. The number of hydrogen-bond acceptors (Lipinski definition) is 4. The van der Waals surface area contributed by atoms with Crippen molar-refractivity contribution < 1.29 is 22.0 Å². The molecule has 0 unspecified atom stereocenters. The Morgan fingerprint density at radius 1 is 1.07 bits per heavy atom. The van der Waals surface area contributed by atoms with E-state index in [1.54, 1.807) is 6.07 Å². The van der Waals surface area contributed by atoms with Crippen molar-refractivity contribution in [3.05, 3.63) is 53.1 Å². The van der Waals surface area contributed by atoms with Crippen LogP contribution in [0.25, 0.3) is 16.8 Å². The maximum atomic E-state index is 13.6. The van der Waals surface area contributed by atoms with Gasteiger partial charge in [-0.05, 0) is 24.5 Å².